The van der Waals surface area contributed by atoms with E-state index in [1.165, 1.54) is 4.88 Å². The third-order valence-corrected chi connectivity index (χ3v) is 5.63. The van der Waals surface area contributed by atoms with E-state index in [0.29, 0.717) is 6.61 Å². The molecule has 0 aliphatic rings. The molecular weight excluding hydrogens is 372 g/mol. The molecule has 0 fully saturated rings. The average Bonchev–Trinajstić information content (AvgIpc) is 3.26. The summed E-state index contributed by atoms with van der Waals surface area (Å²) in [6.07, 6.45) is 2.51. The Morgan fingerprint density at radius 1 is 1.18 bits per heavy atom. The van der Waals surface area contributed by atoms with E-state index in [1.54, 1.807) is 22.1 Å². The zero-order chi connectivity index (χ0) is 19.5. The van der Waals surface area contributed by atoms with Gasteiger partial charge in [-0.25, -0.2) is 4.98 Å². The molecule has 5 nitrogen and oxygen atoms in total. The van der Waals surface area contributed by atoms with Crippen molar-refractivity contribution in [1.29, 1.82) is 0 Å². The van der Waals surface area contributed by atoms with Gasteiger partial charge in [-0.15, -0.1) is 11.3 Å². The summed E-state index contributed by atoms with van der Waals surface area (Å²) in [6.45, 7) is 2.54. The quantitative estimate of drug-likeness (QED) is 0.492. The number of fused-ring (bicyclic) bond motifs is 1. The van der Waals surface area contributed by atoms with Gasteiger partial charge in [0.2, 0.25) is 0 Å². The SMILES string of the molecule is Cc1sc(-c2ccccc2)nc1CCOc1ccc2ccn(CC(=O)O)c2c1. The maximum Gasteiger partial charge on any atom is 0.323 e. The summed E-state index contributed by atoms with van der Waals surface area (Å²) < 4.78 is 7.63. The Bertz CT molecular complexity index is 1120. The fourth-order valence-corrected chi connectivity index (χ4v) is 4.13. The number of carboxylic acids is 1. The molecule has 1 N–H and O–H groups in total. The van der Waals surface area contributed by atoms with Crippen LogP contribution in [0.4, 0.5) is 0 Å². The lowest BCUT2D eigenvalue weighted by molar-refractivity contribution is -0.137. The molecule has 0 atom stereocenters. The summed E-state index contributed by atoms with van der Waals surface area (Å²) in [7, 11) is 0. The Labute approximate surface area is 166 Å². The minimum atomic E-state index is -0.864. The van der Waals surface area contributed by atoms with Gasteiger partial charge >= 0.3 is 5.97 Å². The normalized spacial score (nSPS) is 11.0. The fourth-order valence-electron chi connectivity index (χ4n) is 3.17. The smallest absolute Gasteiger partial charge is 0.323 e. The van der Waals surface area contributed by atoms with Gasteiger partial charge in [0.25, 0.3) is 0 Å². The summed E-state index contributed by atoms with van der Waals surface area (Å²) in [4.78, 5) is 17.0. The summed E-state index contributed by atoms with van der Waals surface area (Å²) in [5, 5.41) is 11.1. The fraction of sp³-hybridized carbons (Fsp3) is 0.182. The largest absolute Gasteiger partial charge is 0.493 e. The van der Waals surface area contributed by atoms with Crippen molar-refractivity contribution in [1.82, 2.24) is 9.55 Å². The van der Waals surface area contributed by atoms with Crippen LogP contribution in [0, 0.1) is 6.92 Å². The highest BCUT2D eigenvalue weighted by Gasteiger charge is 2.10. The van der Waals surface area contributed by atoms with Crippen LogP contribution in [0.1, 0.15) is 10.6 Å². The van der Waals surface area contributed by atoms with Crippen molar-refractivity contribution in [2.24, 2.45) is 0 Å². The number of ether oxygens (including phenoxy) is 1. The third kappa shape index (κ3) is 3.92. The molecule has 0 saturated heterocycles. The van der Waals surface area contributed by atoms with E-state index >= 15 is 0 Å². The second-order valence-electron chi connectivity index (χ2n) is 6.54. The van der Waals surface area contributed by atoms with E-state index in [9.17, 15) is 4.79 Å². The van der Waals surface area contributed by atoms with Gasteiger partial charge in [0, 0.05) is 29.1 Å². The van der Waals surface area contributed by atoms with E-state index < -0.39 is 5.97 Å². The number of thiazole rings is 1. The molecule has 0 bridgehead atoms. The third-order valence-electron chi connectivity index (χ3n) is 4.57. The number of hydrogen-bond acceptors (Lipinski definition) is 4. The summed E-state index contributed by atoms with van der Waals surface area (Å²) in [6, 6.07) is 17.8. The number of aromatic nitrogens is 2. The highest BCUT2D eigenvalue weighted by molar-refractivity contribution is 7.15. The molecule has 0 aliphatic carbocycles. The molecule has 28 heavy (non-hydrogen) atoms. The number of benzene rings is 2. The van der Waals surface area contributed by atoms with E-state index in [1.807, 2.05) is 42.5 Å². The van der Waals surface area contributed by atoms with Gasteiger partial charge in [-0.2, -0.15) is 0 Å². The van der Waals surface area contributed by atoms with Gasteiger partial charge in [-0.1, -0.05) is 30.3 Å². The number of rotatable bonds is 7. The predicted molar refractivity (Wildman–Crippen MR) is 111 cm³/mol. The van der Waals surface area contributed by atoms with Crippen LogP contribution in [0.3, 0.4) is 0 Å². The number of nitrogens with zero attached hydrogens (tertiary/aromatic N) is 2. The molecule has 0 saturated carbocycles. The number of carbonyl (C=O) groups is 1. The lowest BCUT2D eigenvalue weighted by Gasteiger charge is -2.07. The summed E-state index contributed by atoms with van der Waals surface area (Å²) >= 11 is 1.70. The standard InChI is InChI=1S/C22H20N2O3S/c1-15-19(23-22(28-15)17-5-3-2-4-6-17)10-12-27-18-8-7-16-9-11-24(14-21(25)26)20(16)13-18/h2-9,11,13H,10,12,14H2,1H3,(H,25,26). The molecule has 2 aromatic heterocycles. The molecular formula is C22H20N2O3S. The van der Waals surface area contributed by atoms with Crippen LogP contribution in [-0.4, -0.2) is 27.2 Å². The lowest BCUT2D eigenvalue weighted by Crippen LogP contribution is -2.07. The molecule has 0 spiro atoms. The Morgan fingerprint density at radius 3 is 2.79 bits per heavy atom. The zero-order valence-corrected chi connectivity index (χ0v) is 16.3. The van der Waals surface area contributed by atoms with Crippen LogP contribution in [0.2, 0.25) is 0 Å². The second kappa shape index (κ2) is 7.86. The molecule has 4 rings (SSSR count). The summed E-state index contributed by atoms with van der Waals surface area (Å²) in [5.74, 6) is -0.133. The number of hydrogen-bond donors (Lipinski definition) is 1. The first kappa shape index (κ1) is 18.3. The van der Waals surface area contributed by atoms with Crippen molar-refractivity contribution in [2.75, 3.05) is 6.61 Å². The van der Waals surface area contributed by atoms with Crippen LogP contribution in [0.5, 0.6) is 5.75 Å². The van der Waals surface area contributed by atoms with Crippen LogP contribution in [-0.2, 0) is 17.8 Å². The van der Waals surface area contributed by atoms with Crippen molar-refractivity contribution >= 4 is 28.2 Å². The molecule has 2 aromatic carbocycles. The Balaban J connectivity index is 1.44. The van der Waals surface area contributed by atoms with Gasteiger partial charge in [-0.05, 0) is 30.5 Å². The van der Waals surface area contributed by atoms with E-state index in [0.717, 1.165) is 39.3 Å². The highest BCUT2D eigenvalue weighted by Crippen LogP contribution is 2.28. The maximum absolute atomic E-state index is 11.0. The van der Waals surface area contributed by atoms with Gasteiger partial charge in [0.1, 0.15) is 17.3 Å². The molecule has 0 amide bonds. The molecule has 2 heterocycles. The van der Waals surface area contributed by atoms with Gasteiger partial charge in [-0.3, -0.25) is 4.79 Å². The van der Waals surface area contributed by atoms with Crippen LogP contribution < -0.4 is 4.74 Å². The molecule has 0 unspecified atom stereocenters. The van der Waals surface area contributed by atoms with Crippen LogP contribution in [0.25, 0.3) is 21.5 Å². The first-order valence-corrected chi connectivity index (χ1v) is 9.87. The topological polar surface area (TPSA) is 64.4 Å². The Hall–Kier alpha value is -3.12. The van der Waals surface area contributed by atoms with E-state index in [2.05, 4.69) is 19.1 Å². The van der Waals surface area contributed by atoms with Gasteiger partial charge in [0.05, 0.1) is 17.8 Å². The van der Waals surface area contributed by atoms with Crippen molar-refractivity contribution in [2.45, 2.75) is 19.9 Å². The number of aryl methyl sites for hydroxylation is 1. The molecule has 4 aromatic rings. The molecule has 6 heteroatoms. The van der Waals surface area contributed by atoms with Crippen molar-refractivity contribution in [3.63, 3.8) is 0 Å². The summed E-state index contributed by atoms with van der Waals surface area (Å²) in [5.41, 5.74) is 3.04. The van der Waals surface area contributed by atoms with Crippen molar-refractivity contribution in [3.05, 3.63) is 71.4 Å². The van der Waals surface area contributed by atoms with Crippen molar-refractivity contribution in [3.8, 4) is 16.3 Å². The average molecular weight is 392 g/mol. The molecule has 0 radical (unpaired) electrons. The van der Waals surface area contributed by atoms with Gasteiger partial charge in [0.15, 0.2) is 0 Å². The van der Waals surface area contributed by atoms with Crippen LogP contribution >= 0.6 is 11.3 Å². The maximum atomic E-state index is 11.0. The predicted octanol–water partition coefficient (Wildman–Crippen LogP) is 4.78. The Morgan fingerprint density at radius 2 is 2.00 bits per heavy atom. The molecule has 0 aliphatic heterocycles. The number of aliphatic carboxylic acids is 1. The Kier molecular flexibility index (Phi) is 5.12. The minimum absolute atomic E-state index is 0.0623. The van der Waals surface area contributed by atoms with Crippen molar-refractivity contribution < 1.29 is 14.6 Å². The second-order valence-corrected chi connectivity index (χ2v) is 7.75. The zero-order valence-electron chi connectivity index (χ0n) is 15.5. The minimum Gasteiger partial charge on any atom is -0.493 e. The number of carboxylic acid groups (broad SMARTS) is 1. The first-order valence-electron chi connectivity index (χ1n) is 9.05. The lowest BCUT2D eigenvalue weighted by atomic mass is 10.2. The van der Waals surface area contributed by atoms with E-state index in [4.69, 9.17) is 14.8 Å². The monoisotopic (exact) mass is 392 g/mol. The molecule has 142 valence electrons. The first-order chi connectivity index (χ1) is 13.6. The van der Waals surface area contributed by atoms with E-state index in [-0.39, 0.29) is 6.54 Å². The van der Waals surface area contributed by atoms with Crippen LogP contribution in [0.15, 0.2) is 60.8 Å². The van der Waals surface area contributed by atoms with Gasteiger partial charge < -0.3 is 14.4 Å². The highest BCUT2D eigenvalue weighted by atomic mass is 32.1.